The van der Waals surface area contributed by atoms with Crippen molar-refractivity contribution in [3.8, 4) is 0 Å². The number of benzene rings is 1. The van der Waals surface area contributed by atoms with Crippen LogP contribution in [0.3, 0.4) is 0 Å². The third-order valence-corrected chi connectivity index (χ3v) is 3.38. The molecule has 1 aliphatic rings. The Hall–Kier alpha value is -1.60. The monoisotopic (exact) mass is 302 g/mol. The Balaban J connectivity index is 1.96. The molecule has 0 aromatic heterocycles. The fraction of sp³-hybridized carbons (Fsp3) is 0.500. The Morgan fingerprint density at radius 2 is 2.19 bits per heavy atom. The predicted molar refractivity (Wildman–Crippen MR) is 71.8 cm³/mol. The van der Waals surface area contributed by atoms with Crippen molar-refractivity contribution in [1.82, 2.24) is 5.32 Å². The lowest BCUT2D eigenvalue weighted by molar-refractivity contribution is -0.167. The highest BCUT2D eigenvalue weighted by molar-refractivity contribution is 5.94. The molecule has 2 N–H and O–H groups in total. The minimum atomic E-state index is -4.89. The highest BCUT2D eigenvalue weighted by Crippen LogP contribution is 2.21. The van der Waals surface area contributed by atoms with Crippen LogP contribution in [0.2, 0.25) is 0 Å². The molecule has 21 heavy (non-hydrogen) atoms. The standard InChI is InChI=1S/C14H17F3N2O2/c1-13(5-6-21-9-13)18-8-10-3-2-4-11(7-10)19-12(20)14(15,16)17/h2-4,7,18H,5-6,8-9H2,1H3,(H,19,20). The topological polar surface area (TPSA) is 50.4 Å². The number of hydrogen-bond donors (Lipinski definition) is 2. The number of halogens is 3. The second kappa shape index (κ2) is 6.03. The van der Waals surface area contributed by atoms with Crippen LogP contribution in [0.25, 0.3) is 0 Å². The van der Waals surface area contributed by atoms with Gasteiger partial charge in [0.2, 0.25) is 0 Å². The molecule has 0 spiro atoms. The lowest BCUT2D eigenvalue weighted by atomic mass is 10.0. The van der Waals surface area contributed by atoms with Crippen LogP contribution >= 0.6 is 0 Å². The first-order valence-electron chi connectivity index (χ1n) is 6.58. The number of alkyl halides is 3. The molecule has 1 aromatic carbocycles. The molecule has 1 atom stereocenters. The summed E-state index contributed by atoms with van der Waals surface area (Å²) in [5, 5.41) is 5.17. The van der Waals surface area contributed by atoms with E-state index < -0.39 is 12.1 Å². The molecule has 1 saturated heterocycles. The molecule has 0 saturated carbocycles. The van der Waals surface area contributed by atoms with Crippen LogP contribution < -0.4 is 10.6 Å². The van der Waals surface area contributed by atoms with Gasteiger partial charge in [0.15, 0.2) is 0 Å². The van der Waals surface area contributed by atoms with E-state index in [1.54, 1.807) is 12.1 Å². The maximum absolute atomic E-state index is 12.2. The lowest BCUT2D eigenvalue weighted by Crippen LogP contribution is -2.42. The molecule has 7 heteroatoms. The molecule has 1 unspecified atom stereocenters. The van der Waals surface area contributed by atoms with Crippen molar-refractivity contribution in [2.24, 2.45) is 0 Å². The second-order valence-electron chi connectivity index (χ2n) is 5.37. The zero-order chi connectivity index (χ0) is 15.5. The van der Waals surface area contributed by atoms with Gasteiger partial charge in [0.1, 0.15) is 0 Å². The van der Waals surface area contributed by atoms with Crippen molar-refractivity contribution in [3.05, 3.63) is 29.8 Å². The van der Waals surface area contributed by atoms with Crippen molar-refractivity contribution in [2.45, 2.75) is 31.6 Å². The van der Waals surface area contributed by atoms with E-state index in [1.807, 2.05) is 12.2 Å². The van der Waals surface area contributed by atoms with E-state index in [4.69, 9.17) is 4.74 Å². The Morgan fingerprint density at radius 3 is 2.81 bits per heavy atom. The first kappa shape index (κ1) is 15.8. The van der Waals surface area contributed by atoms with Crippen molar-refractivity contribution in [1.29, 1.82) is 0 Å². The molecule has 116 valence electrons. The van der Waals surface area contributed by atoms with Gasteiger partial charge < -0.3 is 15.4 Å². The van der Waals surface area contributed by atoms with Crippen molar-refractivity contribution in [2.75, 3.05) is 18.5 Å². The third kappa shape index (κ3) is 4.44. The van der Waals surface area contributed by atoms with Crippen LogP contribution in [0.15, 0.2) is 24.3 Å². The molecule has 1 heterocycles. The van der Waals surface area contributed by atoms with Gasteiger partial charge >= 0.3 is 12.1 Å². The molecule has 2 rings (SSSR count). The van der Waals surface area contributed by atoms with Gasteiger partial charge in [-0.3, -0.25) is 4.79 Å². The third-order valence-electron chi connectivity index (χ3n) is 3.38. The second-order valence-corrected chi connectivity index (χ2v) is 5.37. The van der Waals surface area contributed by atoms with Gasteiger partial charge in [-0.1, -0.05) is 12.1 Å². The summed E-state index contributed by atoms with van der Waals surface area (Å²) in [5.74, 6) is -1.97. The average Bonchev–Trinajstić information content (AvgIpc) is 2.83. The summed E-state index contributed by atoms with van der Waals surface area (Å²) in [6.45, 7) is 3.84. The first-order chi connectivity index (χ1) is 9.78. The van der Waals surface area contributed by atoms with Crippen LogP contribution in [-0.4, -0.2) is 30.8 Å². The normalized spacial score (nSPS) is 22.3. The van der Waals surface area contributed by atoms with Crippen molar-refractivity contribution < 1.29 is 22.7 Å². The molecule has 0 bridgehead atoms. The quantitative estimate of drug-likeness (QED) is 0.898. The van der Waals surface area contributed by atoms with Crippen LogP contribution in [0.5, 0.6) is 0 Å². The molecular formula is C14H17F3N2O2. The van der Waals surface area contributed by atoms with Crippen LogP contribution in [0.1, 0.15) is 18.9 Å². The van der Waals surface area contributed by atoms with Gasteiger partial charge in [0.05, 0.1) is 6.61 Å². The summed E-state index contributed by atoms with van der Waals surface area (Å²) in [6.07, 6.45) is -4.00. The van der Waals surface area contributed by atoms with E-state index >= 15 is 0 Å². The van der Waals surface area contributed by atoms with Crippen LogP contribution in [0, 0.1) is 0 Å². The molecule has 1 aromatic rings. The van der Waals surface area contributed by atoms with Gasteiger partial charge in [0.25, 0.3) is 0 Å². The summed E-state index contributed by atoms with van der Waals surface area (Å²) in [6, 6.07) is 6.34. The Bertz CT molecular complexity index is 511. The van der Waals surface area contributed by atoms with Crippen LogP contribution in [0.4, 0.5) is 18.9 Å². The molecular weight excluding hydrogens is 285 g/mol. The van der Waals surface area contributed by atoms with E-state index in [2.05, 4.69) is 5.32 Å². The fourth-order valence-electron chi connectivity index (χ4n) is 2.08. The number of ether oxygens (including phenoxy) is 1. The fourth-order valence-corrected chi connectivity index (χ4v) is 2.08. The SMILES string of the molecule is CC1(NCc2cccc(NC(=O)C(F)(F)F)c2)CCOC1. The Labute approximate surface area is 120 Å². The number of anilines is 1. The summed E-state index contributed by atoms with van der Waals surface area (Å²) in [7, 11) is 0. The van der Waals surface area contributed by atoms with E-state index in [1.165, 1.54) is 12.1 Å². The molecule has 1 amide bonds. The largest absolute Gasteiger partial charge is 0.471 e. The predicted octanol–water partition coefficient (Wildman–Crippen LogP) is 2.46. The molecule has 4 nitrogen and oxygen atoms in total. The number of carbonyl (C=O) groups is 1. The summed E-state index contributed by atoms with van der Waals surface area (Å²) in [5.41, 5.74) is 0.804. The summed E-state index contributed by atoms with van der Waals surface area (Å²) < 4.78 is 41.9. The zero-order valence-electron chi connectivity index (χ0n) is 11.6. The summed E-state index contributed by atoms with van der Waals surface area (Å²) in [4.78, 5) is 10.9. The molecule has 0 aliphatic carbocycles. The highest BCUT2D eigenvalue weighted by Gasteiger charge is 2.38. The van der Waals surface area contributed by atoms with E-state index in [0.29, 0.717) is 19.8 Å². The van der Waals surface area contributed by atoms with Crippen molar-refractivity contribution in [3.63, 3.8) is 0 Å². The Kier molecular flexibility index (Phi) is 4.53. The number of nitrogens with one attached hydrogen (secondary N) is 2. The summed E-state index contributed by atoms with van der Waals surface area (Å²) >= 11 is 0. The van der Waals surface area contributed by atoms with Crippen molar-refractivity contribution >= 4 is 11.6 Å². The number of hydrogen-bond acceptors (Lipinski definition) is 3. The number of amides is 1. The number of carbonyl (C=O) groups excluding carboxylic acids is 1. The maximum atomic E-state index is 12.2. The van der Waals surface area contributed by atoms with Gasteiger partial charge in [-0.15, -0.1) is 0 Å². The van der Waals surface area contributed by atoms with Gasteiger partial charge in [-0.05, 0) is 31.0 Å². The van der Waals surface area contributed by atoms with Gasteiger partial charge in [-0.25, -0.2) is 0 Å². The average molecular weight is 302 g/mol. The minimum Gasteiger partial charge on any atom is -0.379 e. The van der Waals surface area contributed by atoms with Crippen LogP contribution in [-0.2, 0) is 16.1 Å². The molecule has 1 aliphatic heterocycles. The van der Waals surface area contributed by atoms with E-state index in [9.17, 15) is 18.0 Å². The highest BCUT2D eigenvalue weighted by atomic mass is 19.4. The zero-order valence-corrected chi connectivity index (χ0v) is 11.6. The lowest BCUT2D eigenvalue weighted by Gasteiger charge is -2.23. The van der Waals surface area contributed by atoms with Gasteiger partial charge in [-0.2, -0.15) is 13.2 Å². The van der Waals surface area contributed by atoms with Gasteiger partial charge in [0, 0.05) is 24.4 Å². The first-order valence-corrected chi connectivity index (χ1v) is 6.58. The molecule has 0 radical (unpaired) electrons. The molecule has 1 fully saturated rings. The van der Waals surface area contributed by atoms with E-state index in [-0.39, 0.29) is 11.2 Å². The smallest absolute Gasteiger partial charge is 0.379 e. The van der Waals surface area contributed by atoms with E-state index in [0.717, 1.165) is 12.0 Å². The minimum absolute atomic E-state index is 0.120. The maximum Gasteiger partial charge on any atom is 0.471 e. The Morgan fingerprint density at radius 1 is 1.43 bits per heavy atom. The number of rotatable bonds is 4.